The third-order valence-electron chi connectivity index (χ3n) is 3.35. The van der Waals surface area contributed by atoms with Crippen molar-refractivity contribution in [3.8, 4) is 0 Å². The standard InChI is InChI=1S/C13H15ClN2O/c14-9-1-2-13-11(4-9)12(5-16-13)8-3-10(15)7-17-6-8/h1-2,4-5,8,10,16H,3,6-7,15H2. The maximum absolute atomic E-state index is 6.05. The molecule has 3 N–H and O–H groups in total. The molecule has 2 unspecified atom stereocenters. The first-order valence-corrected chi connectivity index (χ1v) is 6.21. The van der Waals surface area contributed by atoms with E-state index in [4.69, 9.17) is 22.1 Å². The Morgan fingerprint density at radius 1 is 1.35 bits per heavy atom. The Bertz CT molecular complexity index is 537. The maximum Gasteiger partial charge on any atom is 0.0618 e. The van der Waals surface area contributed by atoms with Crippen molar-refractivity contribution in [2.24, 2.45) is 5.73 Å². The van der Waals surface area contributed by atoms with E-state index in [1.165, 1.54) is 10.9 Å². The van der Waals surface area contributed by atoms with E-state index >= 15 is 0 Å². The van der Waals surface area contributed by atoms with Crippen molar-refractivity contribution >= 4 is 22.5 Å². The van der Waals surface area contributed by atoms with Crippen LogP contribution < -0.4 is 5.73 Å². The van der Waals surface area contributed by atoms with Crippen LogP contribution in [0.2, 0.25) is 5.02 Å². The van der Waals surface area contributed by atoms with Gasteiger partial charge < -0.3 is 15.5 Å². The molecule has 2 heterocycles. The molecule has 1 aliphatic rings. The van der Waals surface area contributed by atoms with Crippen molar-refractivity contribution in [3.63, 3.8) is 0 Å². The molecule has 4 heteroatoms. The van der Waals surface area contributed by atoms with Crippen LogP contribution >= 0.6 is 11.6 Å². The van der Waals surface area contributed by atoms with Gasteiger partial charge in [-0.15, -0.1) is 0 Å². The number of rotatable bonds is 1. The third kappa shape index (κ3) is 2.06. The van der Waals surface area contributed by atoms with Gasteiger partial charge in [0.05, 0.1) is 13.2 Å². The second kappa shape index (κ2) is 4.33. The van der Waals surface area contributed by atoms with Crippen molar-refractivity contribution in [1.29, 1.82) is 0 Å². The number of aromatic amines is 1. The van der Waals surface area contributed by atoms with Crippen LogP contribution in [0.15, 0.2) is 24.4 Å². The highest BCUT2D eigenvalue weighted by molar-refractivity contribution is 6.31. The summed E-state index contributed by atoms with van der Waals surface area (Å²) in [5.41, 5.74) is 8.32. The van der Waals surface area contributed by atoms with E-state index in [1.807, 2.05) is 24.4 Å². The summed E-state index contributed by atoms with van der Waals surface area (Å²) in [6.07, 6.45) is 3.02. The van der Waals surface area contributed by atoms with Crippen molar-refractivity contribution < 1.29 is 4.74 Å². The van der Waals surface area contributed by atoms with Crippen LogP contribution in [0.25, 0.3) is 10.9 Å². The molecule has 17 heavy (non-hydrogen) atoms. The topological polar surface area (TPSA) is 51.0 Å². The second-order valence-corrected chi connectivity index (χ2v) is 5.10. The Kier molecular flexibility index (Phi) is 2.82. The van der Waals surface area contributed by atoms with Crippen molar-refractivity contribution in [1.82, 2.24) is 4.98 Å². The van der Waals surface area contributed by atoms with E-state index in [2.05, 4.69) is 4.98 Å². The first-order chi connectivity index (χ1) is 8.24. The molecule has 0 aliphatic carbocycles. The first kappa shape index (κ1) is 11.1. The Hall–Kier alpha value is -1.03. The highest BCUT2D eigenvalue weighted by atomic mass is 35.5. The van der Waals surface area contributed by atoms with Crippen molar-refractivity contribution in [2.75, 3.05) is 13.2 Å². The molecular weight excluding hydrogens is 236 g/mol. The number of aromatic nitrogens is 1. The van der Waals surface area contributed by atoms with Gasteiger partial charge in [0.2, 0.25) is 0 Å². The molecule has 1 fully saturated rings. The molecule has 1 aromatic carbocycles. The molecule has 3 rings (SSSR count). The molecule has 0 bridgehead atoms. The van der Waals surface area contributed by atoms with E-state index in [9.17, 15) is 0 Å². The van der Waals surface area contributed by atoms with Gasteiger partial charge in [0, 0.05) is 34.1 Å². The summed E-state index contributed by atoms with van der Waals surface area (Å²) in [5.74, 6) is 0.367. The summed E-state index contributed by atoms with van der Waals surface area (Å²) in [7, 11) is 0. The maximum atomic E-state index is 6.05. The quantitative estimate of drug-likeness (QED) is 0.818. The molecule has 3 nitrogen and oxygen atoms in total. The van der Waals surface area contributed by atoms with E-state index in [0.29, 0.717) is 12.5 Å². The van der Waals surface area contributed by atoms with Gasteiger partial charge in [0.15, 0.2) is 0 Å². The lowest BCUT2D eigenvalue weighted by Crippen LogP contribution is -2.34. The fourth-order valence-corrected chi connectivity index (χ4v) is 2.70. The fourth-order valence-electron chi connectivity index (χ4n) is 2.53. The lowest BCUT2D eigenvalue weighted by Gasteiger charge is -2.26. The number of nitrogens with one attached hydrogen (secondary N) is 1. The zero-order valence-corrected chi connectivity index (χ0v) is 10.2. The van der Waals surface area contributed by atoms with Gasteiger partial charge in [-0.3, -0.25) is 0 Å². The van der Waals surface area contributed by atoms with Crippen molar-refractivity contribution in [3.05, 3.63) is 35.0 Å². The van der Waals surface area contributed by atoms with Gasteiger partial charge in [-0.05, 0) is 30.2 Å². The van der Waals surface area contributed by atoms with Crippen LogP contribution in [0.1, 0.15) is 17.9 Å². The van der Waals surface area contributed by atoms with E-state index in [0.717, 1.165) is 23.6 Å². The lowest BCUT2D eigenvalue weighted by molar-refractivity contribution is 0.0665. The number of fused-ring (bicyclic) bond motifs is 1. The molecule has 0 radical (unpaired) electrons. The highest BCUT2D eigenvalue weighted by Gasteiger charge is 2.23. The van der Waals surface area contributed by atoms with Crippen LogP contribution in [-0.2, 0) is 4.74 Å². The lowest BCUT2D eigenvalue weighted by atomic mass is 9.91. The Morgan fingerprint density at radius 2 is 2.24 bits per heavy atom. The second-order valence-electron chi connectivity index (χ2n) is 4.66. The minimum absolute atomic E-state index is 0.137. The predicted molar refractivity (Wildman–Crippen MR) is 69.5 cm³/mol. The summed E-state index contributed by atoms with van der Waals surface area (Å²) >= 11 is 6.05. The van der Waals surface area contributed by atoms with Gasteiger partial charge in [-0.1, -0.05) is 11.6 Å². The molecule has 0 saturated carbocycles. The SMILES string of the molecule is NC1COCC(c2c[nH]c3ccc(Cl)cc23)C1. The Morgan fingerprint density at radius 3 is 3.06 bits per heavy atom. The van der Waals surface area contributed by atoms with Gasteiger partial charge in [-0.2, -0.15) is 0 Å². The number of H-pyrrole nitrogens is 1. The van der Waals surface area contributed by atoms with E-state index in [1.54, 1.807) is 0 Å². The Balaban J connectivity index is 2.01. The van der Waals surface area contributed by atoms with Gasteiger partial charge in [-0.25, -0.2) is 0 Å². The summed E-state index contributed by atoms with van der Waals surface area (Å²) in [4.78, 5) is 3.27. The largest absolute Gasteiger partial charge is 0.379 e. The molecule has 1 saturated heterocycles. The molecule has 1 aliphatic heterocycles. The minimum atomic E-state index is 0.137. The number of benzene rings is 1. The fraction of sp³-hybridized carbons (Fsp3) is 0.385. The zero-order chi connectivity index (χ0) is 11.8. The van der Waals surface area contributed by atoms with E-state index < -0.39 is 0 Å². The van der Waals surface area contributed by atoms with Crippen molar-refractivity contribution in [2.45, 2.75) is 18.4 Å². The predicted octanol–water partition coefficient (Wildman–Crippen LogP) is 2.65. The number of hydrogen-bond acceptors (Lipinski definition) is 2. The van der Waals surface area contributed by atoms with Crippen LogP contribution in [0.5, 0.6) is 0 Å². The molecular formula is C13H15ClN2O. The molecule has 1 aromatic heterocycles. The van der Waals surface area contributed by atoms with Crippen LogP contribution in [0.3, 0.4) is 0 Å². The molecule has 0 spiro atoms. The molecule has 90 valence electrons. The van der Waals surface area contributed by atoms with Crippen LogP contribution in [0, 0.1) is 0 Å². The normalized spacial score (nSPS) is 25.3. The summed E-state index contributed by atoms with van der Waals surface area (Å²) in [6.45, 7) is 1.41. The van der Waals surface area contributed by atoms with Gasteiger partial charge in [0.25, 0.3) is 0 Å². The van der Waals surface area contributed by atoms with Gasteiger partial charge >= 0.3 is 0 Å². The Labute approximate surface area is 105 Å². The first-order valence-electron chi connectivity index (χ1n) is 5.84. The number of hydrogen-bond donors (Lipinski definition) is 2. The number of nitrogens with two attached hydrogens (primary N) is 1. The average molecular weight is 251 g/mol. The molecule has 2 aromatic rings. The number of ether oxygens (including phenoxy) is 1. The summed E-state index contributed by atoms with van der Waals surface area (Å²) in [5, 5.41) is 1.94. The summed E-state index contributed by atoms with van der Waals surface area (Å²) in [6, 6.07) is 6.04. The van der Waals surface area contributed by atoms with Crippen LogP contribution in [-0.4, -0.2) is 24.2 Å². The van der Waals surface area contributed by atoms with Crippen LogP contribution in [0.4, 0.5) is 0 Å². The third-order valence-corrected chi connectivity index (χ3v) is 3.59. The van der Waals surface area contributed by atoms with Gasteiger partial charge in [0.1, 0.15) is 0 Å². The molecule has 2 atom stereocenters. The monoisotopic (exact) mass is 250 g/mol. The van der Waals surface area contributed by atoms with E-state index in [-0.39, 0.29) is 6.04 Å². The smallest absolute Gasteiger partial charge is 0.0618 e. The number of halogens is 1. The average Bonchev–Trinajstić information content (AvgIpc) is 2.71. The summed E-state index contributed by atoms with van der Waals surface area (Å²) < 4.78 is 5.53. The minimum Gasteiger partial charge on any atom is -0.379 e. The zero-order valence-electron chi connectivity index (χ0n) is 9.45. The molecule has 0 amide bonds. The highest BCUT2D eigenvalue weighted by Crippen LogP contribution is 2.32.